The Morgan fingerprint density at radius 2 is 2.07 bits per heavy atom. The van der Waals surface area contributed by atoms with Gasteiger partial charge in [0, 0.05) is 22.6 Å². The first-order valence-corrected chi connectivity index (χ1v) is 9.61. The summed E-state index contributed by atoms with van der Waals surface area (Å²) in [6.45, 7) is 2.49. The van der Waals surface area contributed by atoms with E-state index in [0.29, 0.717) is 23.9 Å². The van der Waals surface area contributed by atoms with Crippen LogP contribution in [0, 0.1) is 0 Å². The van der Waals surface area contributed by atoms with E-state index in [1.165, 1.54) is 4.80 Å². The van der Waals surface area contributed by atoms with Crippen molar-refractivity contribution in [1.29, 1.82) is 0 Å². The number of halogens is 1. The van der Waals surface area contributed by atoms with Gasteiger partial charge in [-0.15, -0.1) is 10.2 Å². The van der Waals surface area contributed by atoms with Crippen LogP contribution in [0.1, 0.15) is 37.4 Å². The Morgan fingerprint density at radius 1 is 1.29 bits per heavy atom. The van der Waals surface area contributed by atoms with Gasteiger partial charge >= 0.3 is 0 Å². The summed E-state index contributed by atoms with van der Waals surface area (Å²) < 4.78 is 5.67. The minimum atomic E-state index is -0.538. The highest BCUT2D eigenvalue weighted by molar-refractivity contribution is 6.30. The van der Waals surface area contributed by atoms with Crippen molar-refractivity contribution < 1.29 is 9.53 Å². The van der Waals surface area contributed by atoms with Gasteiger partial charge in [0.15, 0.2) is 6.04 Å². The standard InChI is InChI=1S/C20H20ClN5O2/c1-2-17(26-24-19(23-25-26)13-7-9-14(21)10-8-13)20(27)22-16-11-12-28-18-6-4-3-5-15(16)18/h3-10,16-17H,2,11-12H2,1H3,(H,22,27)/t16-,17-/m0/s1. The summed E-state index contributed by atoms with van der Waals surface area (Å²) >= 11 is 5.92. The monoisotopic (exact) mass is 397 g/mol. The molecule has 3 aromatic rings. The van der Waals surface area contributed by atoms with E-state index in [1.54, 1.807) is 12.1 Å². The second-order valence-corrected chi connectivity index (χ2v) is 7.04. The largest absolute Gasteiger partial charge is 0.493 e. The number of carbonyl (C=O) groups is 1. The molecule has 2 atom stereocenters. The molecule has 0 unspecified atom stereocenters. The molecule has 0 saturated carbocycles. The van der Waals surface area contributed by atoms with Gasteiger partial charge in [0.1, 0.15) is 5.75 Å². The summed E-state index contributed by atoms with van der Waals surface area (Å²) in [4.78, 5) is 14.3. The molecule has 0 saturated heterocycles. The molecule has 1 N–H and O–H groups in total. The second-order valence-electron chi connectivity index (χ2n) is 6.60. The maximum Gasteiger partial charge on any atom is 0.247 e. The minimum Gasteiger partial charge on any atom is -0.493 e. The van der Waals surface area contributed by atoms with Gasteiger partial charge in [-0.2, -0.15) is 4.80 Å². The number of amides is 1. The first-order valence-electron chi connectivity index (χ1n) is 9.23. The Balaban J connectivity index is 1.52. The fraction of sp³-hybridized carbons (Fsp3) is 0.300. The zero-order chi connectivity index (χ0) is 19.5. The summed E-state index contributed by atoms with van der Waals surface area (Å²) in [7, 11) is 0. The molecule has 7 nitrogen and oxygen atoms in total. The highest BCUT2D eigenvalue weighted by atomic mass is 35.5. The van der Waals surface area contributed by atoms with Gasteiger partial charge in [-0.1, -0.05) is 36.7 Å². The molecule has 1 aliphatic heterocycles. The maximum absolute atomic E-state index is 12.9. The summed E-state index contributed by atoms with van der Waals surface area (Å²) in [6, 6.07) is 14.3. The van der Waals surface area contributed by atoms with Crippen LogP contribution in [0.15, 0.2) is 48.5 Å². The van der Waals surface area contributed by atoms with Crippen molar-refractivity contribution in [3.63, 3.8) is 0 Å². The van der Waals surface area contributed by atoms with Crippen LogP contribution in [0.5, 0.6) is 5.75 Å². The second kappa shape index (κ2) is 7.98. The topological polar surface area (TPSA) is 81.9 Å². The van der Waals surface area contributed by atoms with Crippen LogP contribution < -0.4 is 10.1 Å². The maximum atomic E-state index is 12.9. The van der Waals surface area contributed by atoms with E-state index >= 15 is 0 Å². The van der Waals surface area contributed by atoms with Gasteiger partial charge in [-0.3, -0.25) is 4.79 Å². The van der Waals surface area contributed by atoms with Crippen molar-refractivity contribution in [3.8, 4) is 17.1 Å². The van der Waals surface area contributed by atoms with Crippen molar-refractivity contribution in [2.45, 2.75) is 31.8 Å². The third kappa shape index (κ3) is 3.71. The number of nitrogens with zero attached hydrogens (tertiary/aromatic N) is 4. The Bertz CT molecular complexity index is 973. The Kier molecular flexibility index (Phi) is 5.25. The van der Waals surface area contributed by atoms with E-state index in [-0.39, 0.29) is 11.9 Å². The molecular formula is C20H20ClN5O2. The van der Waals surface area contributed by atoms with E-state index in [4.69, 9.17) is 16.3 Å². The fourth-order valence-corrected chi connectivity index (χ4v) is 3.41. The Labute approximate surface area is 167 Å². The molecule has 0 radical (unpaired) electrons. The number of benzene rings is 2. The average molecular weight is 398 g/mol. The highest BCUT2D eigenvalue weighted by Crippen LogP contribution is 2.32. The summed E-state index contributed by atoms with van der Waals surface area (Å²) in [5.74, 6) is 1.14. The molecule has 4 rings (SSSR count). The van der Waals surface area contributed by atoms with Crippen LogP contribution in [-0.2, 0) is 4.79 Å². The number of ether oxygens (including phenoxy) is 1. The average Bonchev–Trinajstić information content (AvgIpc) is 3.19. The van der Waals surface area contributed by atoms with Crippen molar-refractivity contribution >= 4 is 17.5 Å². The smallest absolute Gasteiger partial charge is 0.247 e. The lowest BCUT2D eigenvalue weighted by Gasteiger charge is -2.27. The fourth-order valence-electron chi connectivity index (χ4n) is 3.29. The van der Waals surface area contributed by atoms with Crippen molar-refractivity contribution in [2.75, 3.05) is 6.61 Å². The quantitative estimate of drug-likeness (QED) is 0.711. The van der Waals surface area contributed by atoms with Gasteiger partial charge < -0.3 is 10.1 Å². The molecular weight excluding hydrogens is 378 g/mol. The van der Waals surface area contributed by atoms with E-state index in [1.807, 2.05) is 43.3 Å². The molecule has 144 valence electrons. The molecule has 1 aromatic heterocycles. The Morgan fingerprint density at radius 3 is 2.86 bits per heavy atom. The molecule has 28 heavy (non-hydrogen) atoms. The zero-order valence-corrected chi connectivity index (χ0v) is 16.1. The molecule has 0 spiro atoms. The lowest BCUT2D eigenvalue weighted by Crippen LogP contribution is -2.37. The van der Waals surface area contributed by atoms with Crippen molar-refractivity contribution in [2.24, 2.45) is 0 Å². The molecule has 1 amide bonds. The lowest BCUT2D eigenvalue weighted by molar-refractivity contribution is -0.126. The number of nitrogens with one attached hydrogen (secondary N) is 1. The van der Waals surface area contributed by atoms with Crippen molar-refractivity contribution in [1.82, 2.24) is 25.5 Å². The van der Waals surface area contributed by atoms with Gasteiger partial charge in [-0.25, -0.2) is 0 Å². The molecule has 0 fully saturated rings. The van der Waals surface area contributed by atoms with Gasteiger partial charge in [0.2, 0.25) is 11.7 Å². The SMILES string of the molecule is CC[C@@H](C(=O)N[C@H]1CCOc2ccccc21)n1nnc(-c2ccc(Cl)cc2)n1. The van der Waals surface area contributed by atoms with Crippen LogP contribution >= 0.6 is 11.6 Å². The predicted molar refractivity (Wildman–Crippen MR) is 105 cm³/mol. The number of rotatable bonds is 5. The Hall–Kier alpha value is -2.93. The summed E-state index contributed by atoms with van der Waals surface area (Å²) in [5, 5.41) is 16.3. The van der Waals surface area contributed by atoms with Crippen LogP contribution in [-0.4, -0.2) is 32.7 Å². The first-order chi connectivity index (χ1) is 13.7. The molecule has 0 bridgehead atoms. The predicted octanol–water partition coefficient (Wildman–Crippen LogP) is 3.58. The first kappa shape index (κ1) is 18.4. The van der Waals surface area contributed by atoms with Crippen LogP contribution in [0.2, 0.25) is 5.02 Å². The number of carbonyl (C=O) groups excluding carboxylic acids is 1. The summed E-state index contributed by atoms with van der Waals surface area (Å²) in [5.41, 5.74) is 1.79. The number of tetrazole rings is 1. The third-order valence-electron chi connectivity index (χ3n) is 4.77. The molecule has 0 aliphatic carbocycles. The van der Waals surface area contributed by atoms with E-state index in [0.717, 1.165) is 23.3 Å². The molecule has 1 aliphatic rings. The van der Waals surface area contributed by atoms with Gasteiger partial charge in [-0.05, 0) is 42.0 Å². The number of aromatic nitrogens is 4. The normalized spacial score (nSPS) is 16.7. The van der Waals surface area contributed by atoms with Crippen molar-refractivity contribution in [3.05, 3.63) is 59.1 Å². The van der Waals surface area contributed by atoms with Gasteiger partial charge in [0.05, 0.1) is 12.6 Å². The zero-order valence-electron chi connectivity index (χ0n) is 15.4. The van der Waals surface area contributed by atoms with E-state index in [9.17, 15) is 4.79 Å². The minimum absolute atomic E-state index is 0.0919. The number of fused-ring (bicyclic) bond motifs is 1. The van der Waals surface area contributed by atoms with Crippen LogP contribution in [0.25, 0.3) is 11.4 Å². The summed E-state index contributed by atoms with van der Waals surface area (Å²) in [6.07, 6.45) is 1.27. The van der Waals surface area contributed by atoms with Crippen LogP contribution in [0.3, 0.4) is 0 Å². The molecule has 8 heteroatoms. The van der Waals surface area contributed by atoms with Gasteiger partial charge in [0.25, 0.3) is 0 Å². The number of hydrogen-bond donors (Lipinski definition) is 1. The van der Waals surface area contributed by atoms with E-state index in [2.05, 4.69) is 20.7 Å². The number of hydrogen-bond acceptors (Lipinski definition) is 5. The molecule has 2 heterocycles. The highest BCUT2D eigenvalue weighted by Gasteiger charge is 2.28. The van der Waals surface area contributed by atoms with Crippen LogP contribution in [0.4, 0.5) is 0 Å². The third-order valence-corrected chi connectivity index (χ3v) is 5.03. The number of para-hydroxylation sites is 1. The lowest BCUT2D eigenvalue weighted by atomic mass is 10.00. The van der Waals surface area contributed by atoms with E-state index < -0.39 is 6.04 Å². The molecule has 2 aromatic carbocycles.